The molecular formula is C21H36N4O3. The molecule has 1 aromatic heterocycles. The minimum absolute atomic E-state index is 0.0107. The summed E-state index contributed by atoms with van der Waals surface area (Å²) in [5.41, 5.74) is 0. The summed E-state index contributed by atoms with van der Waals surface area (Å²) in [7, 11) is 0. The van der Waals surface area contributed by atoms with E-state index < -0.39 is 0 Å². The molecule has 0 spiro atoms. The standard InChI is InChI=1S/C21H36N4O3/c1-4-6-10-18(5-2)21(27)25(14-13-24-11-8-7-9-12-24)16-20(26)22-19-15-17(3)28-23-19/h15,18H,4-14,16H2,1-3H3,(H,22,23,26). The fourth-order valence-corrected chi connectivity index (χ4v) is 3.70. The largest absolute Gasteiger partial charge is 0.360 e. The van der Waals surface area contributed by atoms with Crippen LogP contribution in [-0.2, 0) is 9.59 Å². The number of unbranched alkanes of at least 4 members (excludes halogenated alkanes) is 1. The number of hydrogen-bond donors (Lipinski definition) is 1. The van der Waals surface area contributed by atoms with Crippen molar-refractivity contribution in [2.75, 3.05) is 38.0 Å². The van der Waals surface area contributed by atoms with Crippen LogP contribution in [0.3, 0.4) is 0 Å². The Kier molecular flexibility index (Phi) is 9.47. The lowest BCUT2D eigenvalue weighted by atomic mass is 9.97. The zero-order chi connectivity index (χ0) is 20.4. The Hall–Kier alpha value is -1.89. The number of aromatic nitrogens is 1. The Morgan fingerprint density at radius 3 is 2.64 bits per heavy atom. The van der Waals surface area contributed by atoms with E-state index in [1.54, 1.807) is 17.9 Å². The lowest BCUT2D eigenvalue weighted by molar-refractivity contribution is -0.139. The summed E-state index contributed by atoms with van der Waals surface area (Å²) in [6.45, 7) is 9.60. The molecule has 1 aliphatic heterocycles. The first-order chi connectivity index (χ1) is 13.5. The van der Waals surface area contributed by atoms with E-state index in [1.807, 2.05) is 0 Å². The fraction of sp³-hybridized carbons (Fsp3) is 0.762. The Morgan fingerprint density at radius 2 is 2.04 bits per heavy atom. The SMILES string of the molecule is CCCCC(CC)C(=O)N(CCN1CCCCC1)CC(=O)Nc1cc(C)on1. The highest BCUT2D eigenvalue weighted by molar-refractivity contribution is 5.94. The number of nitrogens with zero attached hydrogens (tertiary/aromatic N) is 3. The second-order valence-electron chi connectivity index (χ2n) is 7.78. The van der Waals surface area contributed by atoms with Gasteiger partial charge in [0.15, 0.2) is 5.82 Å². The lowest BCUT2D eigenvalue weighted by Crippen LogP contribution is -2.45. The van der Waals surface area contributed by atoms with Crippen LogP contribution in [0.4, 0.5) is 5.82 Å². The van der Waals surface area contributed by atoms with Crippen LogP contribution in [0.5, 0.6) is 0 Å². The Balaban J connectivity index is 1.98. The molecule has 1 unspecified atom stereocenters. The summed E-state index contributed by atoms with van der Waals surface area (Å²) in [5, 5.41) is 6.54. The van der Waals surface area contributed by atoms with Crippen molar-refractivity contribution >= 4 is 17.6 Å². The molecule has 1 saturated heterocycles. The van der Waals surface area contributed by atoms with Gasteiger partial charge in [-0.2, -0.15) is 0 Å². The van der Waals surface area contributed by atoms with Gasteiger partial charge in [-0.1, -0.05) is 38.3 Å². The predicted octanol–water partition coefficient (Wildman–Crippen LogP) is 3.45. The fourth-order valence-electron chi connectivity index (χ4n) is 3.70. The molecule has 2 amide bonds. The molecule has 2 heterocycles. The van der Waals surface area contributed by atoms with Gasteiger partial charge >= 0.3 is 0 Å². The lowest BCUT2D eigenvalue weighted by Gasteiger charge is -2.31. The van der Waals surface area contributed by atoms with Gasteiger partial charge < -0.3 is 19.6 Å². The molecule has 7 nitrogen and oxygen atoms in total. The number of anilines is 1. The maximum Gasteiger partial charge on any atom is 0.245 e. The second-order valence-corrected chi connectivity index (χ2v) is 7.78. The van der Waals surface area contributed by atoms with Gasteiger partial charge in [-0.3, -0.25) is 9.59 Å². The van der Waals surface area contributed by atoms with E-state index in [2.05, 4.69) is 29.2 Å². The van der Waals surface area contributed by atoms with Crippen molar-refractivity contribution in [1.82, 2.24) is 15.0 Å². The van der Waals surface area contributed by atoms with Gasteiger partial charge in [0.1, 0.15) is 5.76 Å². The van der Waals surface area contributed by atoms with Gasteiger partial charge in [-0.05, 0) is 45.7 Å². The van der Waals surface area contributed by atoms with E-state index in [-0.39, 0.29) is 24.3 Å². The third kappa shape index (κ3) is 7.26. The van der Waals surface area contributed by atoms with Crippen molar-refractivity contribution in [3.05, 3.63) is 11.8 Å². The first-order valence-electron chi connectivity index (χ1n) is 10.8. The molecule has 0 saturated carbocycles. The molecule has 1 atom stereocenters. The van der Waals surface area contributed by atoms with Gasteiger partial charge in [0.25, 0.3) is 0 Å². The molecule has 1 fully saturated rings. The number of carbonyl (C=O) groups is 2. The molecule has 7 heteroatoms. The normalized spacial score (nSPS) is 16.0. The van der Waals surface area contributed by atoms with E-state index in [4.69, 9.17) is 4.52 Å². The minimum Gasteiger partial charge on any atom is -0.360 e. The van der Waals surface area contributed by atoms with Crippen LogP contribution in [0.2, 0.25) is 0 Å². The molecule has 1 aliphatic rings. The van der Waals surface area contributed by atoms with Crippen molar-refractivity contribution in [2.24, 2.45) is 5.92 Å². The average molecular weight is 393 g/mol. The topological polar surface area (TPSA) is 78.7 Å². The van der Waals surface area contributed by atoms with Crippen LogP contribution in [0.25, 0.3) is 0 Å². The zero-order valence-corrected chi connectivity index (χ0v) is 17.7. The number of nitrogens with one attached hydrogen (secondary N) is 1. The highest BCUT2D eigenvalue weighted by atomic mass is 16.5. The first kappa shape index (κ1) is 22.4. The van der Waals surface area contributed by atoms with Crippen molar-refractivity contribution in [1.29, 1.82) is 0 Å². The van der Waals surface area contributed by atoms with E-state index in [1.165, 1.54) is 19.3 Å². The van der Waals surface area contributed by atoms with Crippen molar-refractivity contribution in [3.8, 4) is 0 Å². The summed E-state index contributed by atoms with van der Waals surface area (Å²) >= 11 is 0. The number of piperidine rings is 1. The number of rotatable bonds is 11. The maximum absolute atomic E-state index is 13.1. The summed E-state index contributed by atoms with van der Waals surface area (Å²) in [5.74, 6) is 0.886. The van der Waals surface area contributed by atoms with Gasteiger partial charge in [0, 0.05) is 25.1 Å². The molecule has 158 valence electrons. The molecular weight excluding hydrogens is 356 g/mol. The molecule has 28 heavy (non-hydrogen) atoms. The summed E-state index contributed by atoms with van der Waals surface area (Å²) in [6, 6.07) is 1.67. The number of amides is 2. The van der Waals surface area contributed by atoms with Crippen molar-refractivity contribution in [2.45, 2.75) is 65.7 Å². The molecule has 0 aliphatic carbocycles. The molecule has 0 aromatic carbocycles. The summed E-state index contributed by atoms with van der Waals surface area (Å²) in [6.07, 6.45) is 7.52. The van der Waals surface area contributed by atoms with Crippen molar-refractivity contribution in [3.63, 3.8) is 0 Å². The first-order valence-corrected chi connectivity index (χ1v) is 10.8. The highest BCUT2D eigenvalue weighted by Gasteiger charge is 2.25. The number of hydrogen-bond acceptors (Lipinski definition) is 5. The molecule has 0 radical (unpaired) electrons. The van der Waals surface area contributed by atoms with E-state index in [9.17, 15) is 9.59 Å². The van der Waals surface area contributed by atoms with Crippen LogP contribution in [0.1, 0.15) is 64.6 Å². The monoisotopic (exact) mass is 392 g/mol. The third-order valence-electron chi connectivity index (χ3n) is 5.42. The van der Waals surface area contributed by atoms with Gasteiger partial charge in [-0.25, -0.2) is 0 Å². The third-order valence-corrected chi connectivity index (χ3v) is 5.42. The quantitative estimate of drug-likeness (QED) is 0.624. The van der Waals surface area contributed by atoms with E-state index in [0.29, 0.717) is 18.1 Å². The van der Waals surface area contributed by atoms with Crippen LogP contribution < -0.4 is 5.32 Å². The minimum atomic E-state index is -0.231. The molecule has 1 N–H and O–H groups in total. The van der Waals surface area contributed by atoms with Crippen LogP contribution in [-0.4, -0.2) is 59.5 Å². The van der Waals surface area contributed by atoms with Crippen LogP contribution in [0.15, 0.2) is 10.6 Å². The van der Waals surface area contributed by atoms with Gasteiger partial charge in [0.05, 0.1) is 6.54 Å². The summed E-state index contributed by atoms with van der Waals surface area (Å²) in [4.78, 5) is 29.8. The number of likely N-dealkylation sites (tertiary alicyclic amines) is 1. The Labute approximate surface area is 168 Å². The van der Waals surface area contributed by atoms with Gasteiger partial charge in [0.2, 0.25) is 11.8 Å². The average Bonchev–Trinajstić information content (AvgIpc) is 3.10. The Morgan fingerprint density at radius 1 is 1.29 bits per heavy atom. The molecule has 0 bridgehead atoms. The maximum atomic E-state index is 13.1. The Bertz CT molecular complexity index is 611. The number of aryl methyl sites for hydroxylation is 1. The van der Waals surface area contributed by atoms with E-state index >= 15 is 0 Å². The summed E-state index contributed by atoms with van der Waals surface area (Å²) < 4.78 is 4.99. The van der Waals surface area contributed by atoms with Crippen molar-refractivity contribution < 1.29 is 14.1 Å². The van der Waals surface area contributed by atoms with Crippen LogP contribution >= 0.6 is 0 Å². The zero-order valence-electron chi connectivity index (χ0n) is 17.7. The van der Waals surface area contributed by atoms with Gasteiger partial charge in [-0.15, -0.1) is 0 Å². The molecule has 2 rings (SSSR count). The highest BCUT2D eigenvalue weighted by Crippen LogP contribution is 2.17. The molecule has 1 aromatic rings. The van der Waals surface area contributed by atoms with Crippen LogP contribution in [0, 0.1) is 12.8 Å². The van der Waals surface area contributed by atoms with E-state index in [0.717, 1.165) is 45.3 Å². The smallest absolute Gasteiger partial charge is 0.245 e. The second kappa shape index (κ2) is 11.8. The number of carbonyl (C=O) groups excluding carboxylic acids is 2. The predicted molar refractivity (Wildman–Crippen MR) is 110 cm³/mol.